The van der Waals surface area contributed by atoms with Crippen molar-refractivity contribution in [1.29, 1.82) is 0 Å². The number of carbonyl (C=O) groups is 1. The van der Waals surface area contributed by atoms with Crippen LogP contribution in [0.2, 0.25) is 0 Å². The lowest BCUT2D eigenvalue weighted by Gasteiger charge is -2.24. The molecule has 5 nitrogen and oxygen atoms in total. The van der Waals surface area contributed by atoms with Gasteiger partial charge in [-0.25, -0.2) is 0 Å². The maximum Gasteiger partial charge on any atom is 0.239 e. The lowest BCUT2D eigenvalue weighted by Crippen LogP contribution is -2.46. The summed E-state index contributed by atoms with van der Waals surface area (Å²) in [5.74, 6) is 0.199. The van der Waals surface area contributed by atoms with Gasteiger partial charge in [-0.05, 0) is 5.92 Å². The zero-order chi connectivity index (χ0) is 13.5. The summed E-state index contributed by atoms with van der Waals surface area (Å²) >= 11 is 0. The van der Waals surface area contributed by atoms with E-state index in [1.807, 2.05) is 13.8 Å². The number of nitrogens with zero attached hydrogens (tertiary/aromatic N) is 3. The first-order valence-electron chi connectivity index (χ1n) is 6.31. The lowest BCUT2D eigenvalue weighted by atomic mass is 9.99. The molecule has 0 aliphatic rings. The molecular weight excluding hydrogens is 228 g/mol. The van der Waals surface area contributed by atoms with Crippen LogP contribution in [0.15, 0.2) is 18.6 Å². The molecule has 0 spiro atoms. The Morgan fingerprint density at radius 2 is 2.22 bits per heavy atom. The first-order chi connectivity index (χ1) is 8.56. The highest BCUT2D eigenvalue weighted by molar-refractivity contribution is 5.81. The van der Waals surface area contributed by atoms with E-state index in [1.54, 1.807) is 30.5 Å². The van der Waals surface area contributed by atoms with Crippen molar-refractivity contribution < 1.29 is 4.79 Å². The molecule has 1 aromatic heterocycles. The molecule has 1 aromatic rings. The molecule has 0 saturated heterocycles. The quantitative estimate of drug-likeness (QED) is 0.812. The number of aromatic nitrogens is 2. The molecule has 1 rings (SSSR count). The van der Waals surface area contributed by atoms with E-state index in [1.165, 1.54) is 0 Å². The summed E-state index contributed by atoms with van der Waals surface area (Å²) in [4.78, 5) is 21.9. The van der Waals surface area contributed by atoms with Gasteiger partial charge in [-0.3, -0.25) is 14.8 Å². The van der Waals surface area contributed by atoms with Crippen LogP contribution in [0.1, 0.15) is 26.0 Å². The minimum atomic E-state index is -0.415. The van der Waals surface area contributed by atoms with Crippen molar-refractivity contribution in [2.45, 2.75) is 32.7 Å². The smallest absolute Gasteiger partial charge is 0.239 e. The Bertz CT molecular complexity index is 369. The van der Waals surface area contributed by atoms with Gasteiger partial charge >= 0.3 is 0 Å². The van der Waals surface area contributed by atoms with Gasteiger partial charge in [-0.15, -0.1) is 0 Å². The molecule has 1 heterocycles. The molecule has 100 valence electrons. The van der Waals surface area contributed by atoms with Gasteiger partial charge in [0.05, 0.1) is 11.7 Å². The van der Waals surface area contributed by atoms with Crippen LogP contribution in [0, 0.1) is 5.92 Å². The van der Waals surface area contributed by atoms with Crippen molar-refractivity contribution >= 4 is 5.91 Å². The Kier molecular flexibility index (Phi) is 5.71. The van der Waals surface area contributed by atoms with Crippen molar-refractivity contribution in [3.05, 3.63) is 24.3 Å². The van der Waals surface area contributed by atoms with Crippen LogP contribution >= 0.6 is 0 Å². The minimum Gasteiger partial charge on any atom is -0.344 e. The number of carbonyl (C=O) groups excluding carboxylic acids is 1. The highest BCUT2D eigenvalue weighted by atomic mass is 16.2. The molecule has 0 fully saturated rings. The second kappa shape index (κ2) is 7.06. The van der Waals surface area contributed by atoms with E-state index in [9.17, 15) is 4.79 Å². The van der Waals surface area contributed by atoms with Crippen LogP contribution in [-0.4, -0.2) is 40.4 Å². The molecule has 18 heavy (non-hydrogen) atoms. The Balaban J connectivity index is 2.45. The summed E-state index contributed by atoms with van der Waals surface area (Å²) < 4.78 is 0. The van der Waals surface area contributed by atoms with Crippen molar-refractivity contribution in [3.63, 3.8) is 0 Å². The number of nitrogens with two attached hydrogens (primary N) is 1. The molecule has 0 bridgehead atoms. The van der Waals surface area contributed by atoms with Crippen molar-refractivity contribution in [3.8, 4) is 0 Å². The Labute approximate surface area is 108 Å². The predicted octanol–water partition coefficient (Wildman–Crippen LogP) is 0.851. The van der Waals surface area contributed by atoms with Crippen LogP contribution in [0.5, 0.6) is 0 Å². The molecule has 0 radical (unpaired) electrons. The third kappa shape index (κ3) is 4.07. The van der Waals surface area contributed by atoms with Crippen LogP contribution in [0.3, 0.4) is 0 Å². The molecule has 1 amide bonds. The summed E-state index contributed by atoms with van der Waals surface area (Å²) in [6.07, 6.45) is 6.61. The predicted molar refractivity (Wildman–Crippen MR) is 70.8 cm³/mol. The molecule has 2 N–H and O–H groups in total. The highest BCUT2D eigenvalue weighted by Crippen LogP contribution is 2.08. The van der Waals surface area contributed by atoms with E-state index in [4.69, 9.17) is 5.73 Å². The topological polar surface area (TPSA) is 72.1 Å². The van der Waals surface area contributed by atoms with E-state index < -0.39 is 6.04 Å². The lowest BCUT2D eigenvalue weighted by molar-refractivity contribution is -0.132. The monoisotopic (exact) mass is 250 g/mol. The Morgan fingerprint density at radius 3 is 2.78 bits per heavy atom. The van der Waals surface area contributed by atoms with E-state index in [2.05, 4.69) is 9.97 Å². The fourth-order valence-electron chi connectivity index (χ4n) is 1.60. The molecule has 2 unspecified atom stereocenters. The van der Waals surface area contributed by atoms with Gasteiger partial charge in [0.25, 0.3) is 0 Å². The van der Waals surface area contributed by atoms with Gasteiger partial charge in [0.2, 0.25) is 5.91 Å². The van der Waals surface area contributed by atoms with Crippen molar-refractivity contribution in [2.24, 2.45) is 11.7 Å². The average Bonchev–Trinajstić information content (AvgIpc) is 2.43. The second-order valence-electron chi connectivity index (χ2n) is 4.62. The van der Waals surface area contributed by atoms with Crippen molar-refractivity contribution in [1.82, 2.24) is 14.9 Å². The SMILES string of the molecule is CCC(C)C(N)C(=O)N(C)CCc1cnccn1. The molecule has 2 atom stereocenters. The molecular formula is C13H22N4O. The molecule has 5 heteroatoms. The van der Waals surface area contributed by atoms with E-state index in [0.717, 1.165) is 12.1 Å². The normalized spacial score (nSPS) is 14.0. The summed E-state index contributed by atoms with van der Waals surface area (Å²) in [7, 11) is 1.78. The van der Waals surface area contributed by atoms with Crippen LogP contribution < -0.4 is 5.73 Å². The first kappa shape index (κ1) is 14.6. The van der Waals surface area contributed by atoms with Crippen LogP contribution in [0.4, 0.5) is 0 Å². The standard InChI is InChI=1S/C13H22N4O/c1-4-10(2)12(14)13(18)17(3)8-5-11-9-15-6-7-16-11/h6-7,9-10,12H,4-5,8,14H2,1-3H3. The maximum absolute atomic E-state index is 12.0. The first-order valence-corrected chi connectivity index (χ1v) is 6.31. The van der Waals surface area contributed by atoms with Crippen LogP contribution in [0.25, 0.3) is 0 Å². The van der Waals surface area contributed by atoms with E-state index in [0.29, 0.717) is 13.0 Å². The average molecular weight is 250 g/mol. The van der Waals surface area contributed by atoms with E-state index in [-0.39, 0.29) is 11.8 Å². The van der Waals surface area contributed by atoms with Gasteiger partial charge in [0.1, 0.15) is 0 Å². The number of hydrogen-bond acceptors (Lipinski definition) is 4. The second-order valence-corrected chi connectivity index (χ2v) is 4.62. The minimum absolute atomic E-state index is 0.00626. The number of likely N-dealkylation sites (N-methyl/N-ethyl adjacent to an activating group) is 1. The third-order valence-electron chi connectivity index (χ3n) is 3.24. The summed E-state index contributed by atoms with van der Waals surface area (Å²) in [5.41, 5.74) is 6.81. The maximum atomic E-state index is 12.0. The molecule has 0 saturated carbocycles. The van der Waals surface area contributed by atoms with Gasteiger partial charge in [-0.2, -0.15) is 0 Å². The van der Waals surface area contributed by atoms with Crippen molar-refractivity contribution in [2.75, 3.05) is 13.6 Å². The molecule has 0 aromatic carbocycles. The number of amides is 1. The highest BCUT2D eigenvalue weighted by Gasteiger charge is 2.22. The fourth-order valence-corrected chi connectivity index (χ4v) is 1.60. The third-order valence-corrected chi connectivity index (χ3v) is 3.24. The summed E-state index contributed by atoms with van der Waals surface area (Å²) in [6.45, 7) is 4.65. The molecule has 0 aliphatic heterocycles. The summed E-state index contributed by atoms with van der Waals surface area (Å²) in [5, 5.41) is 0. The number of rotatable bonds is 6. The van der Waals surface area contributed by atoms with Gasteiger partial charge in [-0.1, -0.05) is 20.3 Å². The zero-order valence-electron chi connectivity index (χ0n) is 11.3. The largest absolute Gasteiger partial charge is 0.344 e. The van der Waals surface area contributed by atoms with Crippen LogP contribution in [-0.2, 0) is 11.2 Å². The fraction of sp³-hybridized carbons (Fsp3) is 0.615. The van der Waals surface area contributed by atoms with Gasteiger partial charge < -0.3 is 10.6 Å². The number of hydrogen-bond donors (Lipinski definition) is 1. The molecule has 0 aliphatic carbocycles. The van der Waals surface area contributed by atoms with Gasteiger partial charge in [0.15, 0.2) is 0 Å². The van der Waals surface area contributed by atoms with E-state index >= 15 is 0 Å². The van der Waals surface area contributed by atoms with Gasteiger partial charge in [0, 0.05) is 38.6 Å². The zero-order valence-corrected chi connectivity index (χ0v) is 11.3. The Morgan fingerprint density at radius 1 is 1.50 bits per heavy atom. The summed E-state index contributed by atoms with van der Waals surface area (Å²) in [6, 6.07) is -0.415. The Hall–Kier alpha value is -1.49.